The number of amides is 1. The molecule has 1 unspecified atom stereocenters. The van der Waals surface area contributed by atoms with E-state index in [4.69, 9.17) is 10.8 Å². The third-order valence-corrected chi connectivity index (χ3v) is 3.65. The Hall–Kier alpha value is -1.20. The third kappa shape index (κ3) is 1.88. The number of nitrogens with two attached hydrogens (primary N) is 1. The van der Waals surface area contributed by atoms with Gasteiger partial charge >= 0.3 is 0 Å². The van der Waals surface area contributed by atoms with Gasteiger partial charge in [0, 0.05) is 17.1 Å². The molecule has 0 aliphatic carbocycles. The van der Waals surface area contributed by atoms with Gasteiger partial charge in [-0.15, -0.1) is 11.8 Å². The minimum absolute atomic E-state index is 0.0348. The molecule has 0 saturated heterocycles. The lowest BCUT2D eigenvalue weighted by Crippen LogP contribution is -2.41. The van der Waals surface area contributed by atoms with E-state index in [1.807, 2.05) is 19.1 Å². The van der Waals surface area contributed by atoms with Crippen LogP contribution in [-0.2, 0) is 4.79 Å². The van der Waals surface area contributed by atoms with E-state index < -0.39 is 0 Å². The quantitative estimate of drug-likeness (QED) is 0.757. The highest BCUT2D eigenvalue weighted by Crippen LogP contribution is 2.39. The Morgan fingerprint density at radius 3 is 3.00 bits per heavy atom. The second-order valence-electron chi connectivity index (χ2n) is 3.70. The lowest BCUT2D eigenvalue weighted by molar-refractivity contribution is -0.118. The molecule has 4 nitrogen and oxygen atoms in total. The summed E-state index contributed by atoms with van der Waals surface area (Å²) < 4.78 is 0. The van der Waals surface area contributed by atoms with Gasteiger partial charge in [-0.1, -0.05) is 0 Å². The first-order chi connectivity index (χ1) is 7.63. The molecule has 0 saturated carbocycles. The first-order valence-electron chi connectivity index (χ1n) is 5.12. The summed E-state index contributed by atoms with van der Waals surface area (Å²) in [6, 6.07) is 5.47. The molecular weight excluding hydrogens is 224 g/mol. The van der Waals surface area contributed by atoms with Crippen molar-refractivity contribution in [1.82, 2.24) is 0 Å². The topological polar surface area (TPSA) is 66.6 Å². The van der Waals surface area contributed by atoms with Crippen LogP contribution in [0, 0.1) is 0 Å². The number of anilines is 2. The molecule has 5 heteroatoms. The molecule has 0 fully saturated rings. The average molecular weight is 238 g/mol. The molecule has 3 N–H and O–H groups in total. The highest BCUT2D eigenvalue weighted by Gasteiger charge is 2.30. The summed E-state index contributed by atoms with van der Waals surface area (Å²) in [6.07, 6.45) is 0. The summed E-state index contributed by atoms with van der Waals surface area (Å²) in [4.78, 5) is 14.5. The number of carbonyl (C=O) groups is 1. The van der Waals surface area contributed by atoms with E-state index in [2.05, 4.69) is 0 Å². The Morgan fingerprint density at radius 1 is 1.56 bits per heavy atom. The minimum Gasteiger partial charge on any atom is -0.399 e. The monoisotopic (exact) mass is 238 g/mol. The van der Waals surface area contributed by atoms with Gasteiger partial charge in [0.15, 0.2) is 0 Å². The summed E-state index contributed by atoms with van der Waals surface area (Å²) in [5, 5.41) is 8.85. The van der Waals surface area contributed by atoms with Gasteiger partial charge in [-0.2, -0.15) is 0 Å². The van der Waals surface area contributed by atoms with Crippen molar-refractivity contribution in [3.05, 3.63) is 18.2 Å². The number of thioether (sulfide) groups is 1. The number of nitrogens with zero attached hydrogens (tertiary/aromatic N) is 1. The number of aliphatic hydroxyl groups excluding tert-OH is 1. The van der Waals surface area contributed by atoms with Crippen LogP contribution in [0.15, 0.2) is 23.1 Å². The standard InChI is InChI=1S/C11H14N2O2S/c1-7-11(15)13(4-5-14)9-3-2-8(12)6-10(9)16-7/h2-3,6-7,14H,4-5,12H2,1H3. The van der Waals surface area contributed by atoms with E-state index in [1.54, 1.807) is 11.0 Å². The van der Waals surface area contributed by atoms with E-state index in [-0.39, 0.29) is 17.8 Å². The van der Waals surface area contributed by atoms with E-state index in [9.17, 15) is 4.79 Å². The molecule has 1 aromatic carbocycles. The second kappa shape index (κ2) is 4.35. The lowest BCUT2D eigenvalue weighted by atomic mass is 10.2. The third-order valence-electron chi connectivity index (χ3n) is 2.52. The number of nitrogen functional groups attached to an aromatic ring is 1. The van der Waals surface area contributed by atoms with Gasteiger partial charge in [-0.05, 0) is 25.1 Å². The highest BCUT2D eigenvalue weighted by atomic mass is 32.2. The Bertz CT molecular complexity index is 422. The molecule has 1 heterocycles. The van der Waals surface area contributed by atoms with Gasteiger partial charge in [-0.3, -0.25) is 4.79 Å². The van der Waals surface area contributed by atoms with Crippen molar-refractivity contribution in [2.45, 2.75) is 17.1 Å². The van der Waals surface area contributed by atoms with Crippen molar-refractivity contribution in [3.8, 4) is 0 Å². The van der Waals surface area contributed by atoms with Crippen LogP contribution in [-0.4, -0.2) is 29.4 Å². The van der Waals surface area contributed by atoms with Gasteiger partial charge in [0.1, 0.15) is 0 Å². The van der Waals surface area contributed by atoms with E-state index in [0.29, 0.717) is 12.2 Å². The molecule has 16 heavy (non-hydrogen) atoms. The lowest BCUT2D eigenvalue weighted by Gasteiger charge is -2.32. The molecule has 86 valence electrons. The summed E-state index contributed by atoms with van der Waals surface area (Å²) in [5.74, 6) is 0.0383. The molecule has 1 aromatic rings. The summed E-state index contributed by atoms with van der Waals surface area (Å²) in [5.41, 5.74) is 7.25. The van der Waals surface area contributed by atoms with Crippen LogP contribution in [0.25, 0.3) is 0 Å². The Labute approximate surface area is 98.4 Å². The smallest absolute Gasteiger partial charge is 0.240 e. The van der Waals surface area contributed by atoms with Crippen molar-refractivity contribution in [2.24, 2.45) is 0 Å². The summed E-state index contributed by atoms with van der Waals surface area (Å²) in [7, 11) is 0. The second-order valence-corrected chi connectivity index (χ2v) is 5.08. The number of β-amino-alcohol motifs (C(OH)–C–C–N with tert-alkyl or cyclic N) is 1. The maximum absolute atomic E-state index is 11.9. The van der Waals surface area contributed by atoms with Crippen molar-refractivity contribution in [2.75, 3.05) is 23.8 Å². The fraction of sp³-hybridized carbons (Fsp3) is 0.364. The molecule has 1 aliphatic heterocycles. The van der Waals surface area contributed by atoms with Crippen molar-refractivity contribution in [3.63, 3.8) is 0 Å². The van der Waals surface area contributed by atoms with E-state index >= 15 is 0 Å². The first kappa shape index (κ1) is 11.3. The van der Waals surface area contributed by atoms with Crippen LogP contribution < -0.4 is 10.6 Å². The molecule has 2 rings (SSSR count). The SMILES string of the molecule is CC1Sc2cc(N)ccc2N(CCO)C1=O. The Morgan fingerprint density at radius 2 is 2.31 bits per heavy atom. The van der Waals surface area contributed by atoms with E-state index in [1.165, 1.54) is 11.8 Å². The number of carbonyl (C=O) groups excluding carboxylic acids is 1. The zero-order valence-electron chi connectivity index (χ0n) is 9.01. The van der Waals surface area contributed by atoms with Crippen LogP contribution >= 0.6 is 11.8 Å². The van der Waals surface area contributed by atoms with E-state index in [0.717, 1.165) is 10.6 Å². The van der Waals surface area contributed by atoms with Gasteiger partial charge in [0.2, 0.25) is 5.91 Å². The maximum atomic E-state index is 11.9. The average Bonchev–Trinajstić information content (AvgIpc) is 2.24. The zero-order valence-corrected chi connectivity index (χ0v) is 9.83. The number of fused-ring (bicyclic) bond motifs is 1. The number of aliphatic hydroxyl groups is 1. The Balaban J connectivity index is 2.43. The number of rotatable bonds is 2. The number of benzene rings is 1. The molecule has 1 aliphatic rings. The van der Waals surface area contributed by atoms with Gasteiger partial charge in [0.05, 0.1) is 17.5 Å². The van der Waals surface area contributed by atoms with Crippen LogP contribution in [0.1, 0.15) is 6.92 Å². The predicted molar refractivity (Wildman–Crippen MR) is 65.6 cm³/mol. The molecule has 1 atom stereocenters. The fourth-order valence-corrected chi connectivity index (χ4v) is 2.87. The van der Waals surface area contributed by atoms with Crippen molar-refractivity contribution in [1.29, 1.82) is 0 Å². The first-order valence-corrected chi connectivity index (χ1v) is 6.00. The molecule has 1 amide bonds. The van der Waals surface area contributed by atoms with Gasteiger partial charge < -0.3 is 15.7 Å². The minimum atomic E-state index is -0.124. The van der Waals surface area contributed by atoms with Crippen LogP contribution in [0.5, 0.6) is 0 Å². The predicted octanol–water partition coefficient (Wildman–Crippen LogP) is 1.09. The van der Waals surface area contributed by atoms with Crippen LogP contribution in [0.2, 0.25) is 0 Å². The number of hydrogen-bond acceptors (Lipinski definition) is 4. The van der Waals surface area contributed by atoms with Crippen LogP contribution in [0.4, 0.5) is 11.4 Å². The summed E-state index contributed by atoms with van der Waals surface area (Å²) in [6.45, 7) is 2.16. The molecule has 0 radical (unpaired) electrons. The van der Waals surface area contributed by atoms with Crippen LogP contribution in [0.3, 0.4) is 0 Å². The fourth-order valence-electron chi connectivity index (χ4n) is 1.76. The maximum Gasteiger partial charge on any atom is 0.240 e. The largest absolute Gasteiger partial charge is 0.399 e. The number of hydrogen-bond donors (Lipinski definition) is 2. The highest BCUT2D eigenvalue weighted by molar-refractivity contribution is 8.01. The molecule has 0 aromatic heterocycles. The zero-order chi connectivity index (χ0) is 11.7. The molecular formula is C11H14N2O2S. The van der Waals surface area contributed by atoms with Gasteiger partial charge in [-0.25, -0.2) is 0 Å². The Kier molecular flexibility index (Phi) is 3.07. The summed E-state index contributed by atoms with van der Waals surface area (Å²) >= 11 is 1.51. The molecule has 0 spiro atoms. The molecule has 0 bridgehead atoms. The van der Waals surface area contributed by atoms with Gasteiger partial charge in [0.25, 0.3) is 0 Å². The van der Waals surface area contributed by atoms with Crippen molar-refractivity contribution >= 4 is 29.0 Å². The normalized spacial score (nSPS) is 19.8. The van der Waals surface area contributed by atoms with Crippen molar-refractivity contribution < 1.29 is 9.90 Å².